The Morgan fingerprint density at radius 1 is 1.22 bits per heavy atom. The minimum absolute atomic E-state index is 0.0250. The Bertz CT molecular complexity index is 126. The summed E-state index contributed by atoms with van der Waals surface area (Å²) in [7, 11) is 0. The van der Waals surface area contributed by atoms with Crippen molar-refractivity contribution < 1.29 is 19.7 Å². The zero-order valence-electron chi connectivity index (χ0n) is 4.73. The Morgan fingerprint density at radius 3 is 2.22 bits per heavy atom. The highest BCUT2D eigenvalue weighted by Gasteiger charge is 2.56. The molecule has 2 rings (SSSR count). The Hall–Kier alpha value is -0.160. The zero-order valence-corrected chi connectivity index (χ0v) is 4.73. The maximum absolute atomic E-state index is 8.67. The van der Waals surface area contributed by atoms with E-state index in [1.165, 1.54) is 0 Å². The molecule has 0 bridgehead atoms. The molecule has 4 nitrogen and oxygen atoms in total. The fourth-order valence-corrected chi connectivity index (χ4v) is 0.948. The number of hydrogen-bond donors (Lipinski definition) is 2. The van der Waals surface area contributed by atoms with E-state index < -0.39 is 6.29 Å². The molecular formula is C5H8O4. The Labute approximate surface area is 52.0 Å². The number of aliphatic hydroxyl groups excluding tert-OH is 2. The van der Waals surface area contributed by atoms with Crippen LogP contribution in [0.1, 0.15) is 0 Å². The quantitative estimate of drug-likeness (QED) is 0.447. The lowest BCUT2D eigenvalue weighted by atomic mass is 10.2. The summed E-state index contributed by atoms with van der Waals surface area (Å²) in [5.41, 5.74) is 0. The van der Waals surface area contributed by atoms with Gasteiger partial charge in [0.25, 0.3) is 0 Å². The molecule has 0 aromatic carbocycles. The highest BCUT2D eigenvalue weighted by Crippen LogP contribution is 2.36. The number of hydrogen-bond acceptors (Lipinski definition) is 4. The Morgan fingerprint density at radius 2 is 1.89 bits per heavy atom. The van der Waals surface area contributed by atoms with Crippen molar-refractivity contribution in [3.05, 3.63) is 0 Å². The van der Waals surface area contributed by atoms with Crippen LogP contribution in [-0.4, -0.2) is 41.4 Å². The van der Waals surface area contributed by atoms with E-state index in [1.807, 2.05) is 0 Å². The van der Waals surface area contributed by atoms with Crippen LogP contribution in [0.2, 0.25) is 0 Å². The van der Waals surface area contributed by atoms with Crippen molar-refractivity contribution in [3.63, 3.8) is 0 Å². The summed E-state index contributed by atoms with van der Waals surface area (Å²) in [6, 6.07) is 0. The predicted octanol–water partition coefficient (Wildman–Crippen LogP) is -1.54. The first kappa shape index (κ1) is 5.61. The van der Waals surface area contributed by atoms with E-state index in [0.717, 1.165) is 0 Å². The van der Waals surface area contributed by atoms with E-state index in [2.05, 4.69) is 0 Å². The van der Waals surface area contributed by atoms with Crippen LogP contribution in [-0.2, 0) is 9.47 Å². The summed E-state index contributed by atoms with van der Waals surface area (Å²) >= 11 is 0. The molecule has 0 saturated carbocycles. The van der Waals surface area contributed by atoms with E-state index in [-0.39, 0.29) is 24.9 Å². The van der Waals surface area contributed by atoms with Crippen LogP contribution in [0.5, 0.6) is 0 Å². The molecule has 52 valence electrons. The molecule has 2 heterocycles. The predicted molar refractivity (Wildman–Crippen MR) is 26.6 cm³/mol. The average Bonchev–Trinajstić information content (AvgIpc) is 2.61. The highest BCUT2D eigenvalue weighted by atomic mass is 16.7. The van der Waals surface area contributed by atoms with Gasteiger partial charge in [-0.3, -0.25) is 0 Å². The van der Waals surface area contributed by atoms with E-state index in [4.69, 9.17) is 19.7 Å². The van der Waals surface area contributed by atoms with Gasteiger partial charge in [-0.05, 0) is 0 Å². The van der Waals surface area contributed by atoms with Gasteiger partial charge in [-0.1, -0.05) is 0 Å². The van der Waals surface area contributed by atoms with Crippen LogP contribution in [0.3, 0.4) is 0 Å². The third-order valence-corrected chi connectivity index (χ3v) is 1.63. The number of ether oxygens (including phenoxy) is 2. The van der Waals surface area contributed by atoms with Gasteiger partial charge < -0.3 is 19.7 Å². The summed E-state index contributed by atoms with van der Waals surface area (Å²) < 4.78 is 9.62. The topological polar surface area (TPSA) is 65.5 Å². The fourth-order valence-electron chi connectivity index (χ4n) is 0.948. The summed E-state index contributed by atoms with van der Waals surface area (Å²) in [6.07, 6.45) is -0.953. The molecule has 0 aromatic heterocycles. The molecule has 0 amide bonds. The molecule has 0 aromatic rings. The van der Waals surface area contributed by atoms with Crippen LogP contribution < -0.4 is 0 Å². The molecule has 2 aliphatic rings. The van der Waals surface area contributed by atoms with Gasteiger partial charge in [0, 0.05) is 0 Å². The normalized spacial score (nSPS) is 55.3. The van der Waals surface area contributed by atoms with Crippen LogP contribution in [0.15, 0.2) is 0 Å². The Balaban J connectivity index is 1.79. The summed E-state index contributed by atoms with van der Waals surface area (Å²) in [6.45, 7) is 0.0250. The summed E-state index contributed by atoms with van der Waals surface area (Å²) in [5.74, 6) is 0. The first-order valence-corrected chi connectivity index (χ1v) is 2.93. The molecule has 0 spiro atoms. The summed E-state index contributed by atoms with van der Waals surface area (Å²) in [4.78, 5) is 0. The maximum atomic E-state index is 8.67. The van der Waals surface area contributed by atoms with Gasteiger partial charge in [0.15, 0.2) is 6.29 Å². The van der Waals surface area contributed by atoms with Gasteiger partial charge in [-0.25, -0.2) is 0 Å². The molecule has 2 saturated heterocycles. The second-order valence-electron chi connectivity index (χ2n) is 2.31. The minimum atomic E-state index is -0.647. The van der Waals surface area contributed by atoms with Crippen molar-refractivity contribution >= 4 is 0 Å². The van der Waals surface area contributed by atoms with Crippen molar-refractivity contribution in [1.82, 2.24) is 0 Å². The van der Waals surface area contributed by atoms with Crippen molar-refractivity contribution in [2.45, 2.75) is 24.6 Å². The minimum Gasteiger partial charge on any atom is -0.394 e. The van der Waals surface area contributed by atoms with Gasteiger partial charge in [-0.15, -0.1) is 0 Å². The zero-order chi connectivity index (χ0) is 6.43. The molecule has 2 aliphatic heterocycles. The first-order chi connectivity index (χ1) is 4.33. The third kappa shape index (κ3) is 0.840. The van der Waals surface area contributed by atoms with Gasteiger partial charge in [0.1, 0.15) is 18.3 Å². The van der Waals surface area contributed by atoms with E-state index >= 15 is 0 Å². The van der Waals surface area contributed by atoms with Crippen molar-refractivity contribution in [1.29, 1.82) is 0 Å². The Kier molecular flexibility index (Phi) is 1.04. The van der Waals surface area contributed by atoms with Crippen molar-refractivity contribution in [3.8, 4) is 0 Å². The van der Waals surface area contributed by atoms with Gasteiger partial charge in [0.2, 0.25) is 0 Å². The SMILES string of the molecule is OCC1OC1C1OC1O. The molecule has 2 N–H and O–H groups in total. The fraction of sp³-hybridized carbons (Fsp3) is 1.00. The monoisotopic (exact) mass is 132 g/mol. The lowest BCUT2D eigenvalue weighted by molar-refractivity contribution is 0.155. The van der Waals surface area contributed by atoms with Crippen LogP contribution >= 0.6 is 0 Å². The van der Waals surface area contributed by atoms with Crippen molar-refractivity contribution in [2.24, 2.45) is 0 Å². The largest absolute Gasteiger partial charge is 0.394 e. The van der Waals surface area contributed by atoms with Crippen molar-refractivity contribution in [2.75, 3.05) is 6.61 Å². The first-order valence-electron chi connectivity index (χ1n) is 2.93. The third-order valence-electron chi connectivity index (χ3n) is 1.63. The van der Waals surface area contributed by atoms with Crippen LogP contribution in [0, 0.1) is 0 Å². The lowest BCUT2D eigenvalue weighted by Crippen LogP contribution is -2.07. The van der Waals surface area contributed by atoms with Crippen LogP contribution in [0.25, 0.3) is 0 Å². The lowest BCUT2D eigenvalue weighted by Gasteiger charge is -1.79. The van der Waals surface area contributed by atoms with Gasteiger partial charge in [0.05, 0.1) is 6.61 Å². The average molecular weight is 132 g/mol. The molecule has 9 heavy (non-hydrogen) atoms. The highest BCUT2D eigenvalue weighted by molar-refractivity contribution is 4.98. The molecule has 4 unspecified atom stereocenters. The molecule has 0 aliphatic carbocycles. The number of epoxide rings is 2. The second kappa shape index (κ2) is 1.67. The molecular weight excluding hydrogens is 124 g/mol. The van der Waals surface area contributed by atoms with Crippen LogP contribution in [0.4, 0.5) is 0 Å². The van der Waals surface area contributed by atoms with E-state index in [9.17, 15) is 0 Å². The van der Waals surface area contributed by atoms with Gasteiger partial charge >= 0.3 is 0 Å². The number of rotatable bonds is 2. The summed E-state index contributed by atoms with van der Waals surface area (Å²) in [5, 5.41) is 17.1. The standard InChI is InChI=1S/C5H8O4/c6-1-2-3(8-2)4-5(7)9-4/h2-7H,1H2. The van der Waals surface area contributed by atoms with Gasteiger partial charge in [-0.2, -0.15) is 0 Å². The maximum Gasteiger partial charge on any atom is 0.184 e. The van der Waals surface area contributed by atoms with E-state index in [0.29, 0.717) is 0 Å². The number of aliphatic hydroxyl groups is 2. The molecule has 0 radical (unpaired) electrons. The second-order valence-corrected chi connectivity index (χ2v) is 2.31. The molecule has 4 atom stereocenters. The molecule has 2 fully saturated rings. The van der Waals surface area contributed by atoms with E-state index in [1.54, 1.807) is 0 Å². The smallest absolute Gasteiger partial charge is 0.184 e. The molecule has 4 heteroatoms.